The summed E-state index contributed by atoms with van der Waals surface area (Å²) in [5.41, 5.74) is 0. The second kappa shape index (κ2) is 6.40. The van der Waals surface area contributed by atoms with Gasteiger partial charge in [-0.1, -0.05) is 20.3 Å². The minimum atomic E-state index is 0.0675. The van der Waals surface area contributed by atoms with Crippen LogP contribution in [0.3, 0.4) is 0 Å². The highest BCUT2D eigenvalue weighted by molar-refractivity contribution is 5.94. The van der Waals surface area contributed by atoms with Crippen molar-refractivity contribution in [2.24, 2.45) is 0 Å². The summed E-state index contributed by atoms with van der Waals surface area (Å²) in [6.45, 7) is 6.59. The van der Waals surface area contributed by atoms with Crippen LogP contribution in [0.4, 0.5) is 0 Å². The molecule has 3 nitrogen and oxygen atoms in total. The van der Waals surface area contributed by atoms with Gasteiger partial charge in [-0.25, -0.2) is 0 Å². The van der Waals surface area contributed by atoms with E-state index in [1.807, 2.05) is 0 Å². The Morgan fingerprint density at radius 3 is 2.80 bits per heavy atom. The molecule has 0 aliphatic heterocycles. The van der Waals surface area contributed by atoms with Crippen LogP contribution in [0.5, 0.6) is 0 Å². The van der Waals surface area contributed by atoms with Gasteiger partial charge in [0, 0.05) is 0 Å². The summed E-state index contributed by atoms with van der Waals surface area (Å²) in [6.07, 6.45) is 3.83. The lowest BCUT2D eigenvalue weighted by Gasteiger charge is -2.18. The summed E-state index contributed by atoms with van der Waals surface area (Å²) in [4.78, 5) is 13.8. The van der Waals surface area contributed by atoms with E-state index in [0.29, 0.717) is 12.3 Å². The van der Waals surface area contributed by atoms with Crippen LogP contribution in [0.2, 0.25) is 0 Å². The number of rotatable bonds is 7. The van der Waals surface area contributed by atoms with E-state index in [9.17, 15) is 4.79 Å². The molecule has 0 aromatic carbocycles. The van der Waals surface area contributed by atoms with Crippen molar-refractivity contribution >= 4 is 5.78 Å². The predicted octanol–water partition coefficient (Wildman–Crippen LogP) is 2.58. The Morgan fingerprint density at radius 1 is 1.47 bits per heavy atom. The molecule has 15 heavy (non-hydrogen) atoms. The van der Waals surface area contributed by atoms with Gasteiger partial charge in [-0.2, -0.15) is 0 Å². The molecule has 0 bridgehead atoms. The van der Waals surface area contributed by atoms with E-state index in [0.717, 1.165) is 25.9 Å². The highest BCUT2D eigenvalue weighted by Gasteiger charge is 2.12. The van der Waals surface area contributed by atoms with Gasteiger partial charge < -0.3 is 4.42 Å². The average molecular weight is 209 g/mol. The van der Waals surface area contributed by atoms with E-state index < -0.39 is 0 Å². The summed E-state index contributed by atoms with van der Waals surface area (Å²) in [5.74, 6) is 0.530. The molecule has 0 unspecified atom stereocenters. The van der Waals surface area contributed by atoms with Crippen LogP contribution in [0.1, 0.15) is 37.2 Å². The third-order valence-electron chi connectivity index (χ3n) is 2.44. The number of carbonyl (C=O) groups is 1. The zero-order valence-corrected chi connectivity index (χ0v) is 9.53. The van der Waals surface area contributed by atoms with E-state index in [1.54, 1.807) is 12.1 Å². The SMILES string of the molecule is CCCCN(CC)CC(=O)c1ccco1. The number of furan rings is 1. The Kier molecular flexibility index (Phi) is 5.12. The van der Waals surface area contributed by atoms with Crippen molar-refractivity contribution in [1.29, 1.82) is 0 Å². The Labute approximate surface area is 91.1 Å². The van der Waals surface area contributed by atoms with Gasteiger partial charge in [0.15, 0.2) is 5.76 Å². The molecule has 0 spiro atoms. The van der Waals surface area contributed by atoms with E-state index in [2.05, 4.69) is 18.7 Å². The first-order chi connectivity index (χ1) is 7.27. The third kappa shape index (κ3) is 3.88. The van der Waals surface area contributed by atoms with Gasteiger partial charge in [-0.3, -0.25) is 9.69 Å². The zero-order valence-electron chi connectivity index (χ0n) is 9.53. The van der Waals surface area contributed by atoms with Crippen molar-refractivity contribution in [1.82, 2.24) is 4.90 Å². The lowest BCUT2D eigenvalue weighted by molar-refractivity contribution is 0.0905. The first-order valence-corrected chi connectivity index (χ1v) is 5.57. The van der Waals surface area contributed by atoms with Gasteiger partial charge in [0.2, 0.25) is 5.78 Å². The molecule has 0 aliphatic rings. The minimum Gasteiger partial charge on any atom is -0.461 e. The molecule has 0 aliphatic carbocycles. The van der Waals surface area contributed by atoms with Gasteiger partial charge in [0.1, 0.15) is 0 Å². The standard InChI is InChI=1S/C12H19NO2/c1-3-5-8-13(4-2)10-11(14)12-7-6-9-15-12/h6-7,9H,3-5,8,10H2,1-2H3. The lowest BCUT2D eigenvalue weighted by Crippen LogP contribution is -2.30. The smallest absolute Gasteiger partial charge is 0.211 e. The Bertz CT molecular complexity index is 280. The van der Waals surface area contributed by atoms with Crippen LogP contribution >= 0.6 is 0 Å². The van der Waals surface area contributed by atoms with Crippen LogP contribution < -0.4 is 0 Å². The molecule has 0 fully saturated rings. The van der Waals surface area contributed by atoms with E-state index in [4.69, 9.17) is 4.42 Å². The maximum atomic E-state index is 11.7. The maximum Gasteiger partial charge on any atom is 0.211 e. The fraction of sp³-hybridized carbons (Fsp3) is 0.583. The number of nitrogens with zero attached hydrogens (tertiary/aromatic N) is 1. The fourth-order valence-corrected chi connectivity index (χ4v) is 1.45. The molecular formula is C12H19NO2. The number of ketones is 1. The summed E-state index contributed by atoms with van der Waals surface area (Å²) in [6, 6.07) is 3.46. The van der Waals surface area contributed by atoms with Crippen LogP contribution in [0.25, 0.3) is 0 Å². The first kappa shape index (κ1) is 12.0. The number of carbonyl (C=O) groups excluding carboxylic acids is 1. The van der Waals surface area contributed by atoms with Crippen LogP contribution in [0.15, 0.2) is 22.8 Å². The molecule has 0 atom stereocenters. The monoisotopic (exact) mass is 209 g/mol. The van der Waals surface area contributed by atoms with Gasteiger partial charge >= 0.3 is 0 Å². The molecule has 0 N–H and O–H groups in total. The molecule has 0 saturated carbocycles. The van der Waals surface area contributed by atoms with Gasteiger partial charge in [-0.15, -0.1) is 0 Å². The maximum absolute atomic E-state index is 11.7. The number of unbranched alkanes of at least 4 members (excludes halogenated alkanes) is 1. The van der Waals surface area contributed by atoms with Crippen LogP contribution in [-0.2, 0) is 0 Å². The van der Waals surface area contributed by atoms with Crippen LogP contribution in [0, 0.1) is 0 Å². The molecule has 0 amide bonds. The highest BCUT2D eigenvalue weighted by Crippen LogP contribution is 2.03. The summed E-state index contributed by atoms with van der Waals surface area (Å²) < 4.78 is 5.07. The molecule has 3 heteroatoms. The number of Topliss-reactive ketones (excluding diaryl/α,β-unsaturated/α-hetero) is 1. The number of hydrogen-bond donors (Lipinski definition) is 0. The Balaban J connectivity index is 2.41. The molecule has 1 aromatic heterocycles. The normalized spacial score (nSPS) is 10.9. The van der Waals surface area contributed by atoms with Crippen molar-refractivity contribution < 1.29 is 9.21 Å². The van der Waals surface area contributed by atoms with Gasteiger partial charge in [0.25, 0.3) is 0 Å². The minimum absolute atomic E-state index is 0.0675. The molecule has 1 aromatic rings. The second-order valence-corrected chi connectivity index (χ2v) is 3.62. The molecule has 0 radical (unpaired) electrons. The number of hydrogen-bond acceptors (Lipinski definition) is 3. The molecule has 1 rings (SSSR count). The second-order valence-electron chi connectivity index (χ2n) is 3.62. The third-order valence-corrected chi connectivity index (χ3v) is 2.44. The lowest BCUT2D eigenvalue weighted by atomic mass is 10.2. The largest absolute Gasteiger partial charge is 0.461 e. The molecule has 1 heterocycles. The molecule has 0 saturated heterocycles. The van der Waals surface area contributed by atoms with Crippen molar-refractivity contribution in [2.75, 3.05) is 19.6 Å². The van der Waals surface area contributed by atoms with Crippen molar-refractivity contribution in [3.8, 4) is 0 Å². The van der Waals surface area contributed by atoms with Gasteiger partial charge in [-0.05, 0) is 31.6 Å². The van der Waals surface area contributed by atoms with Gasteiger partial charge in [0.05, 0.1) is 12.8 Å². The van der Waals surface area contributed by atoms with E-state index in [1.165, 1.54) is 6.26 Å². The summed E-state index contributed by atoms with van der Waals surface area (Å²) in [5, 5.41) is 0. The van der Waals surface area contributed by atoms with Crippen molar-refractivity contribution in [3.05, 3.63) is 24.2 Å². The summed E-state index contributed by atoms with van der Waals surface area (Å²) in [7, 11) is 0. The van der Waals surface area contributed by atoms with E-state index in [-0.39, 0.29) is 5.78 Å². The molecule has 84 valence electrons. The quantitative estimate of drug-likeness (QED) is 0.647. The molecular weight excluding hydrogens is 190 g/mol. The van der Waals surface area contributed by atoms with Crippen molar-refractivity contribution in [2.45, 2.75) is 26.7 Å². The topological polar surface area (TPSA) is 33.5 Å². The van der Waals surface area contributed by atoms with E-state index >= 15 is 0 Å². The fourth-order valence-electron chi connectivity index (χ4n) is 1.45. The predicted molar refractivity (Wildman–Crippen MR) is 60.1 cm³/mol. The zero-order chi connectivity index (χ0) is 11.1. The Hall–Kier alpha value is -1.09. The summed E-state index contributed by atoms with van der Waals surface area (Å²) >= 11 is 0. The highest BCUT2D eigenvalue weighted by atomic mass is 16.3. The average Bonchev–Trinajstić information content (AvgIpc) is 2.77. The van der Waals surface area contributed by atoms with Crippen LogP contribution in [-0.4, -0.2) is 30.3 Å². The van der Waals surface area contributed by atoms with Crippen molar-refractivity contribution in [3.63, 3.8) is 0 Å². The number of likely N-dealkylation sites (N-methyl/N-ethyl adjacent to an activating group) is 1. The first-order valence-electron chi connectivity index (χ1n) is 5.57. The Morgan fingerprint density at radius 2 is 2.27 bits per heavy atom.